The summed E-state index contributed by atoms with van der Waals surface area (Å²) in [5.41, 5.74) is 1.26. The predicted molar refractivity (Wildman–Crippen MR) is 55.4 cm³/mol. The first kappa shape index (κ1) is 9.45. The molecule has 0 radical (unpaired) electrons. The number of halogens is 1. The van der Waals surface area contributed by atoms with Crippen LogP contribution in [0.2, 0.25) is 5.02 Å². The summed E-state index contributed by atoms with van der Waals surface area (Å²) in [6.07, 6.45) is 3.75. The van der Waals surface area contributed by atoms with E-state index in [0.717, 1.165) is 17.9 Å². The second-order valence-corrected chi connectivity index (χ2v) is 4.13. The molecule has 1 aliphatic carbocycles. The Hall–Kier alpha value is -1.11. The molecule has 0 bridgehead atoms. The maximum atomic E-state index is 10.1. The highest BCUT2D eigenvalue weighted by Gasteiger charge is 2.44. The normalized spacial score (nSPS) is 17.2. The van der Waals surface area contributed by atoms with Crippen LogP contribution in [0.1, 0.15) is 18.4 Å². The van der Waals surface area contributed by atoms with Gasteiger partial charge in [0.05, 0.1) is 6.54 Å². The van der Waals surface area contributed by atoms with Crippen molar-refractivity contribution in [2.24, 2.45) is 4.99 Å². The van der Waals surface area contributed by atoms with Crippen LogP contribution in [0.4, 0.5) is 0 Å². The summed E-state index contributed by atoms with van der Waals surface area (Å²) in [5, 5.41) is 0.740. The fourth-order valence-corrected chi connectivity index (χ4v) is 1.88. The van der Waals surface area contributed by atoms with Gasteiger partial charge in [-0.05, 0) is 30.5 Å². The monoisotopic (exact) mass is 207 g/mol. The number of aliphatic imine (C=N–C) groups is 1. The molecular weight excluding hydrogens is 198 g/mol. The zero-order valence-corrected chi connectivity index (χ0v) is 8.42. The van der Waals surface area contributed by atoms with E-state index < -0.39 is 0 Å². The molecule has 0 atom stereocenters. The van der Waals surface area contributed by atoms with E-state index in [1.54, 1.807) is 6.08 Å². The Morgan fingerprint density at radius 2 is 2.29 bits per heavy atom. The van der Waals surface area contributed by atoms with Crippen molar-refractivity contribution in [1.82, 2.24) is 0 Å². The molecule has 1 aliphatic rings. The lowest BCUT2D eigenvalue weighted by molar-refractivity contribution is 0.559. The van der Waals surface area contributed by atoms with Gasteiger partial charge in [0.15, 0.2) is 0 Å². The number of hydrogen-bond donors (Lipinski definition) is 0. The molecule has 0 aliphatic heterocycles. The molecule has 0 spiro atoms. The van der Waals surface area contributed by atoms with Gasteiger partial charge in [-0.3, -0.25) is 0 Å². The first-order valence-electron chi connectivity index (χ1n) is 4.56. The van der Waals surface area contributed by atoms with Gasteiger partial charge in [-0.15, -0.1) is 0 Å². The molecule has 2 nitrogen and oxygen atoms in total. The third-order valence-electron chi connectivity index (χ3n) is 2.74. The minimum absolute atomic E-state index is 0.0717. The molecule has 72 valence electrons. The van der Waals surface area contributed by atoms with Crippen molar-refractivity contribution in [3.8, 4) is 0 Å². The van der Waals surface area contributed by atoms with E-state index in [4.69, 9.17) is 11.6 Å². The lowest BCUT2D eigenvalue weighted by Crippen LogP contribution is -2.10. The van der Waals surface area contributed by atoms with Crippen LogP contribution >= 0.6 is 11.6 Å². The number of benzene rings is 1. The molecule has 0 amide bonds. The second-order valence-electron chi connectivity index (χ2n) is 3.70. The Balaban J connectivity index is 2.26. The Bertz CT molecular complexity index is 392. The van der Waals surface area contributed by atoms with Crippen molar-refractivity contribution < 1.29 is 4.79 Å². The molecule has 14 heavy (non-hydrogen) atoms. The van der Waals surface area contributed by atoms with Crippen molar-refractivity contribution in [3.05, 3.63) is 34.9 Å². The summed E-state index contributed by atoms with van der Waals surface area (Å²) in [4.78, 5) is 13.7. The molecule has 0 heterocycles. The Kier molecular flexibility index (Phi) is 2.40. The first-order valence-corrected chi connectivity index (χ1v) is 4.94. The van der Waals surface area contributed by atoms with Gasteiger partial charge in [-0.2, -0.15) is 0 Å². The SMILES string of the molecule is O=C=NCC1(c2cccc(Cl)c2)CC1. The smallest absolute Gasteiger partial charge is 0.211 e. The summed E-state index contributed by atoms with van der Waals surface area (Å²) in [6.45, 7) is 0.539. The van der Waals surface area contributed by atoms with Crippen molar-refractivity contribution in [3.63, 3.8) is 0 Å². The number of nitrogens with zero attached hydrogens (tertiary/aromatic N) is 1. The van der Waals surface area contributed by atoms with Gasteiger partial charge >= 0.3 is 0 Å². The topological polar surface area (TPSA) is 29.4 Å². The number of carbonyl (C=O) groups excluding carboxylic acids is 1. The van der Waals surface area contributed by atoms with Crippen molar-refractivity contribution in [2.45, 2.75) is 18.3 Å². The highest BCUT2D eigenvalue weighted by molar-refractivity contribution is 6.30. The molecule has 3 heteroatoms. The summed E-state index contributed by atoms with van der Waals surface area (Å²) in [5.74, 6) is 0. The van der Waals surface area contributed by atoms with Gasteiger partial charge < -0.3 is 0 Å². The van der Waals surface area contributed by atoms with Crippen LogP contribution in [0, 0.1) is 0 Å². The first-order chi connectivity index (χ1) is 6.77. The minimum atomic E-state index is 0.0717. The summed E-state index contributed by atoms with van der Waals surface area (Å²) in [7, 11) is 0. The maximum Gasteiger partial charge on any atom is 0.234 e. The molecular formula is C11H10ClNO. The Labute approximate surface area is 87.6 Å². The molecule has 0 unspecified atom stereocenters. The van der Waals surface area contributed by atoms with E-state index in [1.807, 2.05) is 24.3 Å². The van der Waals surface area contributed by atoms with Crippen LogP contribution < -0.4 is 0 Å². The lowest BCUT2D eigenvalue weighted by atomic mass is 9.96. The highest BCUT2D eigenvalue weighted by atomic mass is 35.5. The number of isocyanates is 1. The Morgan fingerprint density at radius 1 is 1.50 bits per heavy atom. The zero-order chi connectivity index (χ0) is 10.0. The molecule has 1 aromatic rings. The van der Waals surface area contributed by atoms with Crippen molar-refractivity contribution in [1.29, 1.82) is 0 Å². The second kappa shape index (κ2) is 3.56. The maximum absolute atomic E-state index is 10.1. The summed E-state index contributed by atoms with van der Waals surface area (Å²) in [6, 6.07) is 7.78. The van der Waals surface area contributed by atoms with Crippen LogP contribution in [0.15, 0.2) is 29.3 Å². The van der Waals surface area contributed by atoms with E-state index in [9.17, 15) is 4.79 Å². The van der Waals surface area contributed by atoms with E-state index in [0.29, 0.717) is 6.54 Å². The van der Waals surface area contributed by atoms with Crippen LogP contribution in [0.3, 0.4) is 0 Å². The molecule has 1 fully saturated rings. The average Bonchev–Trinajstić information content (AvgIpc) is 2.96. The molecule has 0 saturated heterocycles. The quantitative estimate of drug-likeness (QED) is 0.554. The summed E-state index contributed by atoms with van der Waals surface area (Å²) < 4.78 is 0. The minimum Gasteiger partial charge on any atom is -0.211 e. The van der Waals surface area contributed by atoms with Crippen LogP contribution in [0.5, 0.6) is 0 Å². The van der Waals surface area contributed by atoms with Crippen LogP contribution in [0.25, 0.3) is 0 Å². The third-order valence-corrected chi connectivity index (χ3v) is 2.97. The fourth-order valence-electron chi connectivity index (χ4n) is 1.69. The van der Waals surface area contributed by atoms with Gasteiger partial charge in [0, 0.05) is 10.4 Å². The standard InChI is InChI=1S/C11H10ClNO/c12-10-3-1-2-9(6-10)11(4-5-11)7-13-8-14/h1-3,6H,4-5,7H2. The summed E-state index contributed by atoms with van der Waals surface area (Å²) >= 11 is 5.90. The van der Waals surface area contributed by atoms with Gasteiger partial charge in [0.1, 0.15) is 0 Å². The molecule has 2 rings (SSSR count). The number of hydrogen-bond acceptors (Lipinski definition) is 2. The largest absolute Gasteiger partial charge is 0.234 e. The molecule has 1 aromatic carbocycles. The molecule has 0 aromatic heterocycles. The van der Waals surface area contributed by atoms with Gasteiger partial charge in [-0.25, -0.2) is 9.79 Å². The average molecular weight is 208 g/mol. The van der Waals surface area contributed by atoms with E-state index >= 15 is 0 Å². The molecule has 0 N–H and O–H groups in total. The van der Waals surface area contributed by atoms with Crippen LogP contribution in [-0.2, 0) is 10.2 Å². The zero-order valence-electron chi connectivity index (χ0n) is 7.66. The third kappa shape index (κ3) is 1.72. The molecule has 1 saturated carbocycles. The van der Waals surface area contributed by atoms with Gasteiger partial charge in [-0.1, -0.05) is 23.7 Å². The number of rotatable bonds is 3. The predicted octanol–water partition coefficient (Wildman–Crippen LogP) is 2.71. The van der Waals surface area contributed by atoms with E-state index in [2.05, 4.69) is 4.99 Å². The Morgan fingerprint density at radius 3 is 2.86 bits per heavy atom. The highest BCUT2D eigenvalue weighted by Crippen LogP contribution is 2.48. The van der Waals surface area contributed by atoms with E-state index in [1.165, 1.54) is 5.56 Å². The van der Waals surface area contributed by atoms with Crippen molar-refractivity contribution in [2.75, 3.05) is 6.54 Å². The fraction of sp³-hybridized carbons (Fsp3) is 0.364. The lowest BCUT2D eigenvalue weighted by Gasteiger charge is -2.11. The van der Waals surface area contributed by atoms with E-state index in [-0.39, 0.29) is 5.41 Å². The van der Waals surface area contributed by atoms with Crippen LogP contribution in [-0.4, -0.2) is 12.6 Å². The van der Waals surface area contributed by atoms with Gasteiger partial charge in [0.25, 0.3) is 0 Å². The van der Waals surface area contributed by atoms with Gasteiger partial charge in [0.2, 0.25) is 6.08 Å². The van der Waals surface area contributed by atoms with Crippen molar-refractivity contribution >= 4 is 17.7 Å².